The Morgan fingerprint density at radius 2 is 2.21 bits per heavy atom. The Morgan fingerprint density at radius 1 is 1.50 bits per heavy atom. The Morgan fingerprint density at radius 3 is 2.86 bits per heavy atom. The highest BCUT2D eigenvalue weighted by atomic mass is 16.5. The van der Waals surface area contributed by atoms with Gasteiger partial charge in [0.05, 0.1) is 13.2 Å². The summed E-state index contributed by atoms with van der Waals surface area (Å²) < 4.78 is 5.30. The fraction of sp³-hybridized carbons (Fsp3) is 0.818. The second-order valence-corrected chi connectivity index (χ2v) is 3.85. The van der Waals surface area contributed by atoms with E-state index in [1.165, 1.54) is 0 Å². The molecule has 0 bridgehead atoms. The molecule has 1 aliphatic rings. The normalized spacial score (nSPS) is 20.6. The molecule has 14 heavy (non-hydrogen) atoms. The van der Waals surface area contributed by atoms with Gasteiger partial charge in [-0.15, -0.1) is 6.58 Å². The van der Waals surface area contributed by atoms with Gasteiger partial charge in [0.1, 0.15) is 0 Å². The van der Waals surface area contributed by atoms with Gasteiger partial charge in [0.2, 0.25) is 0 Å². The summed E-state index contributed by atoms with van der Waals surface area (Å²) in [5.74, 6) is 0. The molecule has 0 saturated carbocycles. The molecule has 1 aliphatic heterocycles. The van der Waals surface area contributed by atoms with E-state index in [9.17, 15) is 0 Å². The molecule has 0 aromatic rings. The topological polar surface area (TPSA) is 24.5 Å². The van der Waals surface area contributed by atoms with Gasteiger partial charge in [-0.3, -0.25) is 4.90 Å². The molecule has 1 atom stereocenters. The second-order valence-electron chi connectivity index (χ2n) is 3.85. The van der Waals surface area contributed by atoms with Gasteiger partial charge in [-0.2, -0.15) is 0 Å². The minimum absolute atomic E-state index is 0.563. The lowest BCUT2D eigenvalue weighted by Gasteiger charge is -2.29. The van der Waals surface area contributed by atoms with Crippen molar-refractivity contribution in [1.29, 1.82) is 0 Å². The van der Waals surface area contributed by atoms with Gasteiger partial charge < -0.3 is 10.1 Å². The zero-order valence-corrected chi connectivity index (χ0v) is 9.17. The van der Waals surface area contributed by atoms with Crippen molar-refractivity contribution in [3.63, 3.8) is 0 Å². The smallest absolute Gasteiger partial charge is 0.0594 e. The van der Waals surface area contributed by atoms with Crippen molar-refractivity contribution in [2.45, 2.75) is 19.4 Å². The van der Waals surface area contributed by atoms with Gasteiger partial charge in [-0.1, -0.05) is 6.08 Å². The van der Waals surface area contributed by atoms with E-state index in [0.717, 1.165) is 45.8 Å². The molecule has 3 heteroatoms. The van der Waals surface area contributed by atoms with Crippen LogP contribution in [0.25, 0.3) is 0 Å². The third-order valence-electron chi connectivity index (χ3n) is 2.48. The summed E-state index contributed by atoms with van der Waals surface area (Å²) in [6, 6.07) is 0.563. The third kappa shape index (κ3) is 4.74. The molecule has 3 nitrogen and oxygen atoms in total. The van der Waals surface area contributed by atoms with Crippen molar-refractivity contribution in [1.82, 2.24) is 10.2 Å². The van der Waals surface area contributed by atoms with Crippen LogP contribution in [0.5, 0.6) is 0 Å². The van der Waals surface area contributed by atoms with E-state index >= 15 is 0 Å². The van der Waals surface area contributed by atoms with Crippen molar-refractivity contribution in [2.24, 2.45) is 0 Å². The van der Waals surface area contributed by atoms with Crippen LogP contribution in [0.1, 0.15) is 13.3 Å². The monoisotopic (exact) mass is 198 g/mol. The Labute approximate surface area is 87.1 Å². The van der Waals surface area contributed by atoms with Crippen molar-refractivity contribution in [3.8, 4) is 0 Å². The number of nitrogens with one attached hydrogen (secondary N) is 1. The van der Waals surface area contributed by atoms with Crippen LogP contribution in [0.2, 0.25) is 0 Å². The first-order valence-corrected chi connectivity index (χ1v) is 5.47. The van der Waals surface area contributed by atoms with E-state index in [-0.39, 0.29) is 0 Å². The molecule has 1 unspecified atom stereocenters. The van der Waals surface area contributed by atoms with Crippen LogP contribution < -0.4 is 5.32 Å². The highest BCUT2D eigenvalue weighted by molar-refractivity contribution is 4.73. The van der Waals surface area contributed by atoms with Crippen molar-refractivity contribution >= 4 is 0 Å². The standard InChI is InChI=1S/C11H22N2O/c1-3-4-5-12-11(2)10-13-6-8-14-9-7-13/h3,11-12H,1,4-10H2,2H3. The number of morpholine rings is 1. The van der Waals surface area contributed by atoms with Crippen LogP contribution in [0, 0.1) is 0 Å². The number of nitrogens with zero attached hydrogens (tertiary/aromatic N) is 1. The van der Waals surface area contributed by atoms with Crippen molar-refractivity contribution in [2.75, 3.05) is 39.4 Å². The van der Waals surface area contributed by atoms with Crippen molar-refractivity contribution < 1.29 is 4.74 Å². The Hall–Kier alpha value is -0.380. The first-order chi connectivity index (χ1) is 6.83. The van der Waals surface area contributed by atoms with Gasteiger partial charge in [-0.05, 0) is 19.9 Å². The van der Waals surface area contributed by atoms with E-state index < -0.39 is 0 Å². The number of rotatable bonds is 6. The van der Waals surface area contributed by atoms with Crippen LogP contribution in [0.3, 0.4) is 0 Å². The molecule has 1 saturated heterocycles. The average molecular weight is 198 g/mol. The summed E-state index contributed by atoms with van der Waals surface area (Å²) in [7, 11) is 0. The molecule has 0 spiro atoms. The first-order valence-electron chi connectivity index (χ1n) is 5.47. The van der Waals surface area contributed by atoms with Gasteiger partial charge >= 0.3 is 0 Å². The predicted molar refractivity (Wildman–Crippen MR) is 59.5 cm³/mol. The molecule has 0 radical (unpaired) electrons. The first kappa shape index (κ1) is 11.7. The molecule has 0 aliphatic carbocycles. The third-order valence-corrected chi connectivity index (χ3v) is 2.48. The van der Waals surface area contributed by atoms with Gasteiger partial charge in [-0.25, -0.2) is 0 Å². The molecule has 1 N–H and O–H groups in total. The van der Waals surface area contributed by atoms with Crippen LogP contribution in [-0.2, 0) is 4.74 Å². The summed E-state index contributed by atoms with van der Waals surface area (Å²) in [5.41, 5.74) is 0. The molecule has 0 aromatic heterocycles. The minimum Gasteiger partial charge on any atom is -0.379 e. The minimum atomic E-state index is 0.563. The summed E-state index contributed by atoms with van der Waals surface area (Å²) in [4.78, 5) is 2.45. The summed E-state index contributed by atoms with van der Waals surface area (Å²) in [6.45, 7) is 12.0. The lowest BCUT2D eigenvalue weighted by atomic mass is 10.2. The Kier molecular flexibility index (Phi) is 5.83. The summed E-state index contributed by atoms with van der Waals surface area (Å²) in [5, 5.41) is 3.48. The highest BCUT2D eigenvalue weighted by Gasteiger charge is 2.12. The highest BCUT2D eigenvalue weighted by Crippen LogP contribution is 1.98. The maximum absolute atomic E-state index is 5.30. The maximum atomic E-state index is 5.30. The van der Waals surface area contributed by atoms with Crippen LogP contribution in [0.4, 0.5) is 0 Å². The van der Waals surface area contributed by atoms with Crippen LogP contribution in [-0.4, -0.2) is 50.3 Å². The van der Waals surface area contributed by atoms with E-state index in [2.05, 4.69) is 23.7 Å². The van der Waals surface area contributed by atoms with Gasteiger partial charge in [0, 0.05) is 25.7 Å². The Balaban J connectivity index is 2.05. The average Bonchev–Trinajstić information content (AvgIpc) is 2.20. The van der Waals surface area contributed by atoms with E-state index in [0.29, 0.717) is 6.04 Å². The van der Waals surface area contributed by atoms with Gasteiger partial charge in [0.25, 0.3) is 0 Å². The molecule has 1 heterocycles. The second kappa shape index (κ2) is 6.98. The molecule has 1 rings (SSSR count). The van der Waals surface area contributed by atoms with Crippen LogP contribution >= 0.6 is 0 Å². The van der Waals surface area contributed by atoms with E-state index in [1.807, 2.05) is 6.08 Å². The molecule has 82 valence electrons. The molecule has 1 fully saturated rings. The van der Waals surface area contributed by atoms with Crippen molar-refractivity contribution in [3.05, 3.63) is 12.7 Å². The fourth-order valence-electron chi connectivity index (χ4n) is 1.67. The molecule has 0 aromatic carbocycles. The number of hydrogen-bond donors (Lipinski definition) is 1. The van der Waals surface area contributed by atoms with E-state index in [4.69, 9.17) is 4.74 Å². The number of ether oxygens (including phenoxy) is 1. The lowest BCUT2D eigenvalue weighted by molar-refractivity contribution is 0.0344. The van der Waals surface area contributed by atoms with E-state index in [1.54, 1.807) is 0 Å². The van der Waals surface area contributed by atoms with Crippen LogP contribution in [0.15, 0.2) is 12.7 Å². The molecular formula is C11H22N2O. The maximum Gasteiger partial charge on any atom is 0.0594 e. The largest absolute Gasteiger partial charge is 0.379 e. The quantitative estimate of drug-likeness (QED) is 0.506. The molecule has 0 amide bonds. The summed E-state index contributed by atoms with van der Waals surface area (Å²) >= 11 is 0. The fourth-order valence-corrected chi connectivity index (χ4v) is 1.67. The Bertz CT molecular complexity index is 155. The molecular weight excluding hydrogens is 176 g/mol. The zero-order valence-electron chi connectivity index (χ0n) is 9.17. The summed E-state index contributed by atoms with van der Waals surface area (Å²) in [6.07, 6.45) is 3.00. The zero-order chi connectivity index (χ0) is 10.2. The predicted octanol–water partition coefficient (Wildman–Crippen LogP) is 0.873. The SMILES string of the molecule is C=CCCNC(C)CN1CCOCC1. The van der Waals surface area contributed by atoms with Gasteiger partial charge in [0.15, 0.2) is 0 Å². The number of hydrogen-bond acceptors (Lipinski definition) is 3. The lowest BCUT2D eigenvalue weighted by Crippen LogP contribution is -2.44.